The largest absolute Gasteiger partial charge is 0.394 e. The molecule has 2 fully saturated rings. The van der Waals surface area contributed by atoms with Crippen molar-refractivity contribution < 1.29 is 38.4 Å². The van der Waals surface area contributed by atoms with Gasteiger partial charge in [-0.1, -0.05) is 48.5 Å². The summed E-state index contributed by atoms with van der Waals surface area (Å²) in [7, 11) is 1.80. The number of ether oxygens (including phenoxy) is 4. The number of hydrogen-bond donors (Lipinski definition) is 3. The molecule has 2 aliphatic heterocycles. The Morgan fingerprint density at radius 1 is 0.737 bits per heavy atom. The molecular formula is C60H77N7O8S. The maximum absolute atomic E-state index is 13.8. The highest BCUT2D eigenvalue weighted by Crippen LogP contribution is 2.36. The van der Waals surface area contributed by atoms with Crippen LogP contribution in [0.2, 0.25) is 0 Å². The van der Waals surface area contributed by atoms with Crippen LogP contribution in [0.5, 0.6) is 0 Å². The van der Waals surface area contributed by atoms with E-state index in [0.29, 0.717) is 90.9 Å². The van der Waals surface area contributed by atoms with E-state index in [2.05, 4.69) is 99.3 Å². The van der Waals surface area contributed by atoms with Gasteiger partial charge in [0.15, 0.2) is 0 Å². The van der Waals surface area contributed by atoms with Gasteiger partial charge in [0.05, 0.1) is 84.0 Å². The first-order valence-corrected chi connectivity index (χ1v) is 28.3. The molecule has 16 heteroatoms. The summed E-state index contributed by atoms with van der Waals surface area (Å²) in [4.78, 5) is 53.9. The number of pyridine rings is 1. The Balaban J connectivity index is 0.752. The number of benzene rings is 4. The molecule has 1 aliphatic carbocycles. The number of hydrogen-bond acceptors (Lipinski definition) is 13. The maximum Gasteiger partial charge on any atom is 0.251 e. The third-order valence-corrected chi connectivity index (χ3v) is 15.3. The normalized spacial score (nSPS) is 15.8. The molecule has 406 valence electrons. The van der Waals surface area contributed by atoms with E-state index in [1.165, 1.54) is 30.4 Å². The predicted molar refractivity (Wildman–Crippen MR) is 300 cm³/mol. The van der Waals surface area contributed by atoms with Crippen molar-refractivity contribution in [3.63, 3.8) is 0 Å². The summed E-state index contributed by atoms with van der Waals surface area (Å²) in [5, 5.41) is 15.9. The Morgan fingerprint density at radius 2 is 1.50 bits per heavy atom. The number of likely N-dealkylation sites (N-methyl/N-ethyl adjacent to an activating group) is 1. The zero-order chi connectivity index (χ0) is 52.7. The molecule has 1 atom stereocenters. The number of rotatable bonds is 28. The second-order valence-corrected chi connectivity index (χ2v) is 20.8. The molecule has 0 spiro atoms. The molecule has 3 aliphatic rings. The van der Waals surface area contributed by atoms with Gasteiger partial charge in [0.2, 0.25) is 11.8 Å². The number of nitrogens with one attached hydrogen (secondary N) is 2. The fourth-order valence-corrected chi connectivity index (χ4v) is 10.9. The van der Waals surface area contributed by atoms with Crippen LogP contribution < -0.4 is 15.5 Å². The molecule has 1 aromatic heterocycles. The van der Waals surface area contributed by atoms with Gasteiger partial charge in [0.25, 0.3) is 5.91 Å². The number of aliphatic hydroxyl groups is 1. The van der Waals surface area contributed by atoms with Crippen LogP contribution in [0.15, 0.2) is 114 Å². The number of carbonyl (C=O) groups excluding carboxylic acids is 3. The number of aryl methyl sites for hydroxylation is 1. The monoisotopic (exact) mass is 1060 g/mol. The van der Waals surface area contributed by atoms with E-state index in [1.807, 2.05) is 23.1 Å². The molecule has 8 rings (SSSR count). The highest BCUT2D eigenvalue weighted by atomic mass is 32.2. The van der Waals surface area contributed by atoms with Crippen LogP contribution in [0.3, 0.4) is 0 Å². The first-order valence-electron chi connectivity index (χ1n) is 27.3. The number of aromatic nitrogens is 1. The number of aliphatic hydroxyl groups excluding tert-OH is 1. The minimum Gasteiger partial charge on any atom is -0.394 e. The zero-order valence-electron chi connectivity index (χ0n) is 44.3. The Kier molecular flexibility index (Phi) is 22.4. The molecule has 15 nitrogen and oxygen atoms in total. The van der Waals surface area contributed by atoms with Gasteiger partial charge in [-0.3, -0.25) is 24.3 Å². The molecule has 3 heterocycles. The van der Waals surface area contributed by atoms with Gasteiger partial charge in [-0.2, -0.15) is 0 Å². The smallest absolute Gasteiger partial charge is 0.251 e. The minimum absolute atomic E-state index is 0.0126. The summed E-state index contributed by atoms with van der Waals surface area (Å²) < 4.78 is 22.4. The number of amides is 3. The topological polar surface area (TPSA) is 158 Å². The SMILES string of the molecule is CN(CCOCCOCCOCCC(=O)N1CCN(CCOCCO)CC1)C(=O)Cc1cccc(SCc2cccc(Nc3ccc(N4CCCCC4)cc3-c3cc(C(=O)NC4CCCc5ccccc54)ccn3)c2)c1. The first kappa shape index (κ1) is 56.4. The van der Waals surface area contributed by atoms with Gasteiger partial charge in [-0.25, -0.2) is 0 Å². The first-order chi connectivity index (χ1) is 37.3. The minimum atomic E-state index is -0.0924. The predicted octanol–water partition coefficient (Wildman–Crippen LogP) is 8.18. The molecule has 1 unspecified atom stereocenters. The molecule has 0 saturated carbocycles. The molecule has 0 radical (unpaired) electrons. The second-order valence-electron chi connectivity index (χ2n) is 19.7. The maximum atomic E-state index is 13.8. The highest BCUT2D eigenvalue weighted by molar-refractivity contribution is 7.98. The van der Waals surface area contributed by atoms with E-state index in [0.717, 1.165) is 102 Å². The molecule has 3 N–H and O–H groups in total. The van der Waals surface area contributed by atoms with Gasteiger partial charge in [-0.05, 0) is 115 Å². The summed E-state index contributed by atoms with van der Waals surface area (Å²) in [5.74, 6) is 0.785. The molecule has 5 aromatic rings. The number of carbonyl (C=O) groups is 3. The lowest BCUT2D eigenvalue weighted by Gasteiger charge is -2.34. The van der Waals surface area contributed by atoms with Crippen molar-refractivity contribution in [1.29, 1.82) is 0 Å². The van der Waals surface area contributed by atoms with Crippen LogP contribution in [0.4, 0.5) is 17.1 Å². The van der Waals surface area contributed by atoms with Gasteiger partial charge < -0.3 is 49.4 Å². The molecule has 0 bridgehead atoms. The second kappa shape index (κ2) is 30.2. The summed E-state index contributed by atoms with van der Waals surface area (Å²) in [6.07, 6.45) is 9.00. The average Bonchev–Trinajstić information content (AvgIpc) is 3.45. The Bertz CT molecular complexity index is 2630. The molecule has 3 amide bonds. The highest BCUT2D eigenvalue weighted by Gasteiger charge is 2.24. The number of thioether (sulfide) groups is 1. The molecule has 76 heavy (non-hydrogen) atoms. The van der Waals surface area contributed by atoms with E-state index in [-0.39, 0.29) is 30.4 Å². The van der Waals surface area contributed by atoms with Crippen molar-refractivity contribution >= 4 is 46.5 Å². The van der Waals surface area contributed by atoms with Gasteiger partial charge in [0, 0.05) is 104 Å². The van der Waals surface area contributed by atoms with E-state index < -0.39 is 0 Å². The van der Waals surface area contributed by atoms with Crippen LogP contribution in [0.1, 0.15) is 77.2 Å². The number of piperazine rings is 1. The van der Waals surface area contributed by atoms with Crippen molar-refractivity contribution in [3.8, 4) is 11.3 Å². The van der Waals surface area contributed by atoms with Crippen LogP contribution in [0.25, 0.3) is 11.3 Å². The summed E-state index contributed by atoms with van der Waals surface area (Å²) in [6, 6.07) is 35.4. The van der Waals surface area contributed by atoms with Crippen molar-refractivity contribution in [2.75, 3.05) is 129 Å². The Hall–Kier alpha value is -5.85. The summed E-state index contributed by atoms with van der Waals surface area (Å²) in [5.41, 5.74) is 9.95. The standard InChI is InChI=1S/C60H77N7O8S/c1-64(29-33-74-37-39-75-38-36-72-32-21-58(69)67-27-25-65(26-28-67)30-34-73-35-31-68)59(70)42-46-10-8-15-52(41-46)76-45-47-11-7-14-50(40-47)62-56-19-18-51(66-23-5-2-6-24-66)44-54(56)57-43-49(20-22-61-57)60(71)63-55-17-9-13-48-12-3-4-16-53(48)55/h3-4,7-8,10-12,14-16,18-20,22,40-41,43-44,55,62,68H,2,5-6,9,13,17,21,23-39,42,45H2,1H3,(H,63,71). The average molecular weight is 1060 g/mol. The van der Waals surface area contributed by atoms with Gasteiger partial charge in [0.1, 0.15) is 0 Å². The quantitative estimate of drug-likeness (QED) is 0.0326. The van der Waals surface area contributed by atoms with Crippen molar-refractivity contribution in [3.05, 3.63) is 137 Å². The van der Waals surface area contributed by atoms with E-state index in [4.69, 9.17) is 29.0 Å². The fourth-order valence-electron chi connectivity index (χ4n) is 9.95. The lowest BCUT2D eigenvalue weighted by molar-refractivity contribution is -0.134. The third-order valence-electron chi connectivity index (χ3n) is 14.3. The van der Waals surface area contributed by atoms with E-state index >= 15 is 0 Å². The Labute approximate surface area is 453 Å². The van der Waals surface area contributed by atoms with Gasteiger partial charge in [-0.15, -0.1) is 11.8 Å². The van der Waals surface area contributed by atoms with Crippen LogP contribution in [0, 0.1) is 0 Å². The zero-order valence-corrected chi connectivity index (χ0v) is 45.1. The van der Waals surface area contributed by atoms with E-state index in [9.17, 15) is 14.4 Å². The molecular weight excluding hydrogens is 979 g/mol. The third kappa shape index (κ3) is 17.3. The van der Waals surface area contributed by atoms with Crippen molar-refractivity contribution in [2.45, 2.75) is 68.1 Å². The van der Waals surface area contributed by atoms with Crippen molar-refractivity contribution in [1.82, 2.24) is 25.0 Å². The number of fused-ring (bicyclic) bond motifs is 1. The summed E-state index contributed by atoms with van der Waals surface area (Å²) >= 11 is 1.74. The van der Waals surface area contributed by atoms with Crippen LogP contribution in [-0.2, 0) is 47.1 Å². The van der Waals surface area contributed by atoms with Crippen LogP contribution >= 0.6 is 11.8 Å². The van der Waals surface area contributed by atoms with Crippen molar-refractivity contribution in [2.24, 2.45) is 0 Å². The molecule has 4 aromatic carbocycles. The Morgan fingerprint density at radius 3 is 2.33 bits per heavy atom. The number of piperidine rings is 1. The summed E-state index contributed by atoms with van der Waals surface area (Å²) in [6.45, 7) is 9.76. The van der Waals surface area contributed by atoms with Crippen LogP contribution in [-0.4, -0.2) is 161 Å². The lowest BCUT2D eigenvalue weighted by atomic mass is 9.87. The fraction of sp³-hybridized carbons (Fsp3) is 0.467. The van der Waals surface area contributed by atoms with E-state index in [1.54, 1.807) is 36.0 Å². The number of nitrogens with zero attached hydrogens (tertiary/aromatic N) is 5. The molecule has 2 saturated heterocycles. The number of anilines is 3. The lowest BCUT2D eigenvalue weighted by Crippen LogP contribution is -2.49. The van der Waals surface area contributed by atoms with Gasteiger partial charge >= 0.3 is 0 Å².